The molecule has 0 saturated carbocycles. The molecule has 0 spiro atoms. The minimum Gasteiger partial charge on any atom is -0.507 e. The molecular formula is C21H31NO. The van der Waals surface area contributed by atoms with E-state index in [4.69, 9.17) is 0 Å². The fourth-order valence-corrected chi connectivity index (χ4v) is 2.99. The fourth-order valence-electron chi connectivity index (χ4n) is 2.99. The van der Waals surface area contributed by atoms with Crippen LogP contribution in [0.4, 0.5) is 0 Å². The van der Waals surface area contributed by atoms with Gasteiger partial charge in [0, 0.05) is 17.7 Å². The van der Waals surface area contributed by atoms with E-state index in [9.17, 15) is 5.11 Å². The van der Waals surface area contributed by atoms with Crippen LogP contribution in [0.5, 0.6) is 5.75 Å². The van der Waals surface area contributed by atoms with Crippen molar-refractivity contribution in [3.05, 3.63) is 41.0 Å². The van der Waals surface area contributed by atoms with Gasteiger partial charge < -0.3 is 10.0 Å². The van der Waals surface area contributed by atoms with E-state index in [1.807, 2.05) is 14.1 Å². The SMILES string of the molecule is CN(C)Cc1c(O)c(C(C)(C)C)cc2cc(C(C)(C)C)ccc12. The summed E-state index contributed by atoms with van der Waals surface area (Å²) in [4.78, 5) is 2.11. The first-order valence-electron chi connectivity index (χ1n) is 8.35. The summed E-state index contributed by atoms with van der Waals surface area (Å²) in [6.07, 6.45) is 0. The van der Waals surface area contributed by atoms with Crippen LogP contribution in [0.25, 0.3) is 10.8 Å². The Morgan fingerprint density at radius 1 is 0.913 bits per heavy atom. The van der Waals surface area contributed by atoms with Crippen molar-refractivity contribution in [3.8, 4) is 5.75 Å². The molecule has 0 aliphatic carbocycles. The second-order valence-electron chi connectivity index (χ2n) is 8.92. The molecule has 1 N–H and O–H groups in total. The molecule has 0 heterocycles. The monoisotopic (exact) mass is 313 g/mol. The number of rotatable bonds is 2. The molecule has 2 rings (SSSR count). The average molecular weight is 313 g/mol. The minimum atomic E-state index is -0.0862. The Morgan fingerprint density at radius 2 is 1.52 bits per heavy atom. The van der Waals surface area contributed by atoms with Crippen molar-refractivity contribution >= 4 is 10.8 Å². The zero-order valence-electron chi connectivity index (χ0n) is 15.9. The summed E-state index contributed by atoms with van der Waals surface area (Å²) in [5, 5.41) is 13.2. The van der Waals surface area contributed by atoms with Crippen molar-refractivity contribution in [3.63, 3.8) is 0 Å². The Labute approximate surface area is 141 Å². The fraction of sp³-hybridized carbons (Fsp3) is 0.524. The maximum Gasteiger partial charge on any atom is 0.124 e. The summed E-state index contributed by atoms with van der Waals surface area (Å²) in [5.74, 6) is 0.446. The highest BCUT2D eigenvalue weighted by molar-refractivity contribution is 5.90. The standard InChI is InChI=1S/C21H31NO/c1-20(2,3)15-9-10-16-14(11-15)12-18(21(4,5)6)19(23)17(16)13-22(7)8/h9-12,23H,13H2,1-8H3. The van der Waals surface area contributed by atoms with Crippen LogP contribution in [0, 0.1) is 0 Å². The number of nitrogens with zero attached hydrogens (tertiary/aromatic N) is 1. The van der Waals surface area contributed by atoms with E-state index >= 15 is 0 Å². The lowest BCUT2D eigenvalue weighted by Gasteiger charge is -2.26. The van der Waals surface area contributed by atoms with Gasteiger partial charge in [0.15, 0.2) is 0 Å². The summed E-state index contributed by atoms with van der Waals surface area (Å²) in [6, 6.07) is 8.81. The maximum atomic E-state index is 10.9. The highest BCUT2D eigenvalue weighted by Gasteiger charge is 2.23. The van der Waals surface area contributed by atoms with Crippen molar-refractivity contribution in [1.82, 2.24) is 4.90 Å². The van der Waals surface area contributed by atoms with Crippen LogP contribution in [0.3, 0.4) is 0 Å². The lowest BCUT2D eigenvalue weighted by Crippen LogP contribution is -2.16. The van der Waals surface area contributed by atoms with Crippen LogP contribution in [0.15, 0.2) is 24.3 Å². The van der Waals surface area contributed by atoms with Gasteiger partial charge in [-0.2, -0.15) is 0 Å². The molecule has 23 heavy (non-hydrogen) atoms. The first-order valence-corrected chi connectivity index (χ1v) is 8.35. The van der Waals surface area contributed by atoms with E-state index in [2.05, 4.69) is 70.7 Å². The summed E-state index contributed by atoms with van der Waals surface area (Å²) in [7, 11) is 4.08. The number of hydrogen-bond donors (Lipinski definition) is 1. The first kappa shape index (κ1) is 17.8. The van der Waals surface area contributed by atoms with Crippen LogP contribution < -0.4 is 0 Å². The Morgan fingerprint density at radius 3 is 2.00 bits per heavy atom. The lowest BCUT2D eigenvalue weighted by atomic mass is 9.81. The summed E-state index contributed by atoms with van der Waals surface area (Å²) in [5.41, 5.74) is 3.41. The van der Waals surface area contributed by atoms with Gasteiger partial charge in [0.2, 0.25) is 0 Å². The molecule has 2 nitrogen and oxygen atoms in total. The molecule has 0 aliphatic heterocycles. The minimum absolute atomic E-state index is 0.0862. The van der Waals surface area contributed by atoms with E-state index in [0.717, 1.165) is 23.1 Å². The third-order valence-corrected chi connectivity index (χ3v) is 4.37. The third kappa shape index (κ3) is 3.69. The van der Waals surface area contributed by atoms with E-state index in [1.165, 1.54) is 10.9 Å². The van der Waals surface area contributed by atoms with Gasteiger partial charge in [-0.3, -0.25) is 0 Å². The number of phenolic OH excluding ortho intramolecular Hbond substituents is 1. The Hall–Kier alpha value is -1.54. The predicted molar refractivity (Wildman–Crippen MR) is 100 cm³/mol. The van der Waals surface area contributed by atoms with Gasteiger partial charge in [-0.1, -0.05) is 59.7 Å². The molecular weight excluding hydrogens is 282 g/mol. The second-order valence-corrected chi connectivity index (χ2v) is 8.92. The molecule has 0 amide bonds. The molecule has 2 aromatic carbocycles. The number of fused-ring (bicyclic) bond motifs is 1. The highest BCUT2D eigenvalue weighted by atomic mass is 16.3. The van der Waals surface area contributed by atoms with E-state index in [0.29, 0.717) is 5.75 Å². The van der Waals surface area contributed by atoms with E-state index in [1.54, 1.807) is 0 Å². The maximum absolute atomic E-state index is 10.9. The predicted octanol–water partition coefficient (Wildman–Crippen LogP) is 5.20. The Bertz CT molecular complexity index is 715. The van der Waals surface area contributed by atoms with Gasteiger partial charge in [-0.05, 0) is 47.3 Å². The molecule has 0 unspecified atom stereocenters. The number of benzene rings is 2. The molecule has 2 aromatic rings. The van der Waals surface area contributed by atoms with Gasteiger partial charge >= 0.3 is 0 Å². The first-order chi connectivity index (χ1) is 10.4. The van der Waals surface area contributed by atoms with Crippen LogP contribution in [0.2, 0.25) is 0 Å². The molecule has 0 radical (unpaired) electrons. The number of aromatic hydroxyl groups is 1. The van der Waals surface area contributed by atoms with Crippen molar-refractivity contribution in [2.24, 2.45) is 0 Å². The van der Waals surface area contributed by atoms with Crippen molar-refractivity contribution in [1.29, 1.82) is 0 Å². The number of phenols is 1. The van der Waals surface area contributed by atoms with Gasteiger partial charge in [-0.25, -0.2) is 0 Å². The highest BCUT2D eigenvalue weighted by Crippen LogP contribution is 2.39. The van der Waals surface area contributed by atoms with Crippen LogP contribution in [-0.4, -0.2) is 24.1 Å². The number of hydrogen-bond acceptors (Lipinski definition) is 2. The largest absolute Gasteiger partial charge is 0.507 e. The Kier molecular flexibility index (Phi) is 4.51. The Balaban J connectivity index is 2.81. The van der Waals surface area contributed by atoms with Crippen molar-refractivity contribution in [2.75, 3.05) is 14.1 Å². The quantitative estimate of drug-likeness (QED) is 0.823. The molecule has 0 bridgehead atoms. The van der Waals surface area contributed by atoms with Crippen LogP contribution in [-0.2, 0) is 17.4 Å². The third-order valence-electron chi connectivity index (χ3n) is 4.37. The molecule has 126 valence electrons. The zero-order chi connectivity index (χ0) is 17.6. The van der Waals surface area contributed by atoms with Crippen LogP contribution in [0.1, 0.15) is 58.2 Å². The topological polar surface area (TPSA) is 23.5 Å². The van der Waals surface area contributed by atoms with Gasteiger partial charge in [0.1, 0.15) is 5.75 Å². The van der Waals surface area contributed by atoms with E-state index < -0.39 is 0 Å². The van der Waals surface area contributed by atoms with E-state index in [-0.39, 0.29) is 10.8 Å². The summed E-state index contributed by atoms with van der Waals surface area (Å²) < 4.78 is 0. The summed E-state index contributed by atoms with van der Waals surface area (Å²) >= 11 is 0. The smallest absolute Gasteiger partial charge is 0.124 e. The lowest BCUT2D eigenvalue weighted by molar-refractivity contribution is 0.382. The zero-order valence-corrected chi connectivity index (χ0v) is 15.9. The summed E-state index contributed by atoms with van der Waals surface area (Å²) in [6.45, 7) is 13.9. The van der Waals surface area contributed by atoms with Crippen molar-refractivity contribution < 1.29 is 5.11 Å². The van der Waals surface area contributed by atoms with Crippen LogP contribution >= 0.6 is 0 Å². The molecule has 2 heteroatoms. The molecule has 0 aliphatic rings. The van der Waals surface area contributed by atoms with Crippen molar-refractivity contribution in [2.45, 2.75) is 58.9 Å². The van der Waals surface area contributed by atoms with Gasteiger partial charge in [-0.15, -0.1) is 0 Å². The normalized spacial score (nSPS) is 13.1. The molecule has 0 saturated heterocycles. The molecule has 0 fully saturated rings. The van der Waals surface area contributed by atoms with Gasteiger partial charge in [0.25, 0.3) is 0 Å². The second kappa shape index (κ2) is 5.83. The average Bonchev–Trinajstić information content (AvgIpc) is 2.38. The molecule has 0 atom stereocenters. The molecule has 0 aromatic heterocycles. The van der Waals surface area contributed by atoms with Gasteiger partial charge in [0.05, 0.1) is 0 Å².